The van der Waals surface area contributed by atoms with Crippen molar-refractivity contribution < 1.29 is 14.4 Å². The lowest BCUT2D eigenvalue weighted by Gasteiger charge is -2.08. The Labute approximate surface area is 234 Å². The van der Waals surface area contributed by atoms with Gasteiger partial charge in [-0.2, -0.15) is 0 Å². The zero-order chi connectivity index (χ0) is 26.6. The molecule has 8 heteroatoms. The second kappa shape index (κ2) is 11.6. The van der Waals surface area contributed by atoms with E-state index in [2.05, 4.69) is 28.8 Å². The molecule has 5 aromatic rings. The number of nitrogens with zero attached hydrogens (tertiary/aromatic N) is 2. The fraction of sp³-hybridized carbons (Fsp3) is 0.167. The van der Waals surface area contributed by atoms with Gasteiger partial charge in [-0.3, -0.25) is 4.79 Å². The summed E-state index contributed by atoms with van der Waals surface area (Å²) >= 11 is 9.13. The lowest BCUT2D eigenvalue weighted by atomic mass is 10.0. The van der Waals surface area contributed by atoms with Crippen molar-refractivity contribution in [1.29, 1.82) is 0 Å². The number of hydrogen-bond donors (Lipinski definition) is 0. The topological polar surface area (TPSA) is 60.7 Å². The molecule has 0 saturated heterocycles. The number of halogens is 1. The molecule has 2 heterocycles. The van der Waals surface area contributed by atoms with Gasteiger partial charge in [0.2, 0.25) is 5.78 Å². The molecule has 0 bridgehead atoms. The molecule has 0 saturated carbocycles. The van der Waals surface area contributed by atoms with Gasteiger partial charge in [-0.1, -0.05) is 28.9 Å². The third-order valence-electron chi connectivity index (χ3n) is 6.23. The van der Waals surface area contributed by atoms with E-state index in [0.29, 0.717) is 22.7 Å². The number of aryl methyl sites for hydroxylation is 1. The van der Waals surface area contributed by atoms with Gasteiger partial charge in [-0.25, -0.2) is 4.79 Å². The molecule has 0 aliphatic heterocycles. The maximum atomic E-state index is 13.1. The van der Waals surface area contributed by atoms with Crippen molar-refractivity contribution in [1.82, 2.24) is 4.57 Å². The highest BCUT2D eigenvalue weighted by atomic mass is 35.5. The summed E-state index contributed by atoms with van der Waals surface area (Å²) in [6.07, 6.45) is 0.598. The lowest BCUT2D eigenvalue weighted by molar-refractivity contribution is -0.140. The number of carbonyl (C=O) groups excluding carboxylic acids is 2. The third kappa shape index (κ3) is 5.55. The van der Waals surface area contributed by atoms with Crippen molar-refractivity contribution in [3.8, 4) is 0 Å². The Hall–Kier alpha value is -3.39. The number of carbonyl (C=O) groups is 2. The summed E-state index contributed by atoms with van der Waals surface area (Å²) in [4.78, 5) is 31.5. The zero-order valence-electron chi connectivity index (χ0n) is 20.9. The van der Waals surface area contributed by atoms with Crippen LogP contribution in [0.5, 0.6) is 0 Å². The predicted molar refractivity (Wildman–Crippen MR) is 158 cm³/mol. The van der Waals surface area contributed by atoms with Crippen LogP contribution in [0.3, 0.4) is 0 Å². The van der Waals surface area contributed by atoms with Crippen LogP contribution in [0.2, 0.25) is 5.02 Å². The van der Waals surface area contributed by atoms with E-state index in [4.69, 9.17) is 16.4 Å². The van der Waals surface area contributed by atoms with Gasteiger partial charge in [-0.15, -0.1) is 23.1 Å². The number of oxime groups is 1. The molecule has 0 fully saturated rings. The maximum absolute atomic E-state index is 13.1. The van der Waals surface area contributed by atoms with Crippen molar-refractivity contribution in [3.05, 3.63) is 99.2 Å². The number of thiophene rings is 1. The Morgan fingerprint density at radius 2 is 1.66 bits per heavy atom. The van der Waals surface area contributed by atoms with E-state index < -0.39 is 5.97 Å². The Balaban J connectivity index is 1.52. The molecule has 192 valence electrons. The summed E-state index contributed by atoms with van der Waals surface area (Å²) in [7, 11) is 0. The van der Waals surface area contributed by atoms with Gasteiger partial charge < -0.3 is 9.40 Å². The largest absolute Gasteiger partial charge is 0.341 e. The highest BCUT2D eigenvalue weighted by Crippen LogP contribution is 2.32. The summed E-state index contributed by atoms with van der Waals surface area (Å²) in [5, 5.41) is 8.86. The van der Waals surface area contributed by atoms with Crippen LogP contribution in [0.1, 0.15) is 41.1 Å². The lowest BCUT2D eigenvalue weighted by Crippen LogP contribution is -2.06. The van der Waals surface area contributed by atoms with Crippen molar-refractivity contribution in [2.45, 2.75) is 31.7 Å². The molecule has 5 nitrogen and oxygen atoms in total. The molecule has 0 aliphatic carbocycles. The first-order valence-electron chi connectivity index (χ1n) is 12.2. The monoisotopic (exact) mass is 560 g/mol. The van der Waals surface area contributed by atoms with E-state index in [-0.39, 0.29) is 5.78 Å². The van der Waals surface area contributed by atoms with Crippen LogP contribution in [0.4, 0.5) is 0 Å². The molecule has 38 heavy (non-hydrogen) atoms. The van der Waals surface area contributed by atoms with Crippen molar-refractivity contribution >= 4 is 74.0 Å². The second-order valence-electron chi connectivity index (χ2n) is 8.69. The fourth-order valence-corrected chi connectivity index (χ4v) is 6.15. The van der Waals surface area contributed by atoms with E-state index in [1.165, 1.54) is 18.3 Å². The molecule has 0 unspecified atom stereocenters. The van der Waals surface area contributed by atoms with Gasteiger partial charge in [0.15, 0.2) is 0 Å². The highest BCUT2D eigenvalue weighted by Gasteiger charge is 2.17. The summed E-state index contributed by atoms with van der Waals surface area (Å²) in [5.41, 5.74) is 4.37. The molecule has 0 aliphatic rings. The van der Waals surface area contributed by atoms with E-state index in [1.807, 2.05) is 66.0 Å². The Morgan fingerprint density at radius 3 is 2.29 bits per heavy atom. The summed E-state index contributed by atoms with van der Waals surface area (Å²) in [6.45, 7) is 4.25. The van der Waals surface area contributed by atoms with E-state index in [9.17, 15) is 9.59 Å². The molecular weight excluding hydrogens is 536 g/mol. The van der Waals surface area contributed by atoms with Crippen molar-refractivity contribution in [2.75, 3.05) is 5.75 Å². The van der Waals surface area contributed by atoms with Crippen LogP contribution in [0.25, 0.3) is 21.8 Å². The SMILES string of the molecule is CCn1c2ccc(C(=O)c3cccs3)cc2c2cc(C(CCSc3ccc(Cl)cc3)=NOC(C)=O)ccc21. The van der Waals surface area contributed by atoms with Gasteiger partial charge in [0.1, 0.15) is 0 Å². The molecule has 5 rings (SSSR count). The second-order valence-corrected chi connectivity index (χ2v) is 11.2. The molecule has 2 aromatic heterocycles. The fourth-order valence-electron chi connectivity index (χ4n) is 4.47. The summed E-state index contributed by atoms with van der Waals surface area (Å²) in [6, 6.07) is 23.5. The van der Waals surface area contributed by atoms with Gasteiger partial charge in [0.25, 0.3) is 0 Å². The number of hydrogen-bond acceptors (Lipinski definition) is 6. The predicted octanol–water partition coefficient (Wildman–Crippen LogP) is 8.21. The molecule has 3 aromatic carbocycles. The molecule has 0 N–H and O–H groups in total. The summed E-state index contributed by atoms with van der Waals surface area (Å²) < 4.78 is 2.24. The quantitative estimate of drug-likeness (QED) is 0.0599. The first-order valence-corrected chi connectivity index (χ1v) is 14.5. The van der Waals surface area contributed by atoms with E-state index in [1.54, 1.807) is 11.8 Å². The van der Waals surface area contributed by atoms with Gasteiger partial charge >= 0.3 is 5.97 Å². The van der Waals surface area contributed by atoms with E-state index >= 15 is 0 Å². The van der Waals surface area contributed by atoms with Crippen LogP contribution >= 0.6 is 34.7 Å². The average Bonchev–Trinajstić information content (AvgIpc) is 3.57. The number of rotatable bonds is 9. The van der Waals surface area contributed by atoms with Gasteiger partial charge in [0, 0.05) is 68.5 Å². The maximum Gasteiger partial charge on any atom is 0.331 e. The zero-order valence-corrected chi connectivity index (χ0v) is 23.3. The minimum Gasteiger partial charge on any atom is -0.341 e. The third-order valence-corrected chi connectivity index (χ3v) is 8.36. The molecule has 0 spiro atoms. The first kappa shape index (κ1) is 26.2. The summed E-state index contributed by atoms with van der Waals surface area (Å²) in [5.74, 6) is 0.302. The van der Waals surface area contributed by atoms with Gasteiger partial charge in [0.05, 0.1) is 10.6 Å². The number of aromatic nitrogens is 1. The van der Waals surface area contributed by atoms with Crippen LogP contribution < -0.4 is 0 Å². The van der Waals surface area contributed by atoms with Crippen molar-refractivity contribution in [3.63, 3.8) is 0 Å². The minimum absolute atomic E-state index is 0.0202. The number of ketones is 1. The first-order chi connectivity index (χ1) is 18.4. The molecule has 0 amide bonds. The number of benzene rings is 3. The molecule has 0 radical (unpaired) electrons. The Kier molecular flexibility index (Phi) is 7.98. The van der Waals surface area contributed by atoms with Crippen LogP contribution in [0, 0.1) is 0 Å². The molecule has 0 atom stereocenters. The molecular formula is C30H25ClN2O3S2. The number of thioether (sulfide) groups is 1. The highest BCUT2D eigenvalue weighted by molar-refractivity contribution is 7.99. The normalized spacial score (nSPS) is 11.8. The van der Waals surface area contributed by atoms with Crippen LogP contribution in [-0.2, 0) is 16.2 Å². The van der Waals surface area contributed by atoms with Crippen molar-refractivity contribution in [2.24, 2.45) is 5.16 Å². The average molecular weight is 561 g/mol. The van der Waals surface area contributed by atoms with Crippen LogP contribution in [0.15, 0.2) is 88.2 Å². The number of fused-ring (bicyclic) bond motifs is 3. The standard InChI is InChI=1S/C30H25ClN2O3S2/c1-3-33-27-12-6-20(26(32-36-19(2)34)14-16-37-23-10-8-22(31)9-11-23)17-24(27)25-18-21(7-13-28(25)33)30(35)29-5-4-15-38-29/h4-13,15,17-18H,3,14,16H2,1-2H3. The minimum atomic E-state index is -0.465. The Morgan fingerprint density at radius 1 is 0.974 bits per heavy atom. The van der Waals surface area contributed by atoms with Gasteiger partial charge in [-0.05, 0) is 73.0 Å². The smallest absolute Gasteiger partial charge is 0.331 e. The van der Waals surface area contributed by atoms with E-state index in [0.717, 1.165) is 49.4 Å². The van der Waals surface area contributed by atoms with Crippen LogP contribution in [-0.4, -0.2) is 27.8 Å². The Bertz CT molecular complexity index is 1650.